The molecule has 1 rings (SSSR count). The number of halogens is 1. The van der Waals surface area contributed by atoms with Crippen molar-refractivity contribution in [2.75, 3.05) is 32.1 Å². The Hall–Kier alpha value is -1.59. The maximum Gasteiger partial charge on any atom is 0.319 e. The molecular weight excluding hydrogens is 292 g/mol. The van der Waals surface area contributed by atoms with E-state index in [-0.39, 0.29) is 25.0 Å². The number of aryl methyl sites for hydroxylation is 1. The molecule has 0 aromatic heterocycles. The van der Waals surface area contributed by atoms with E-state index in [0.29, 0.717) is 11.6 Å². The summed E-state index contributed by atoms with van der Waals surface area (Å²) in [6, 6.07) is 5.28. The van der Waals surface area contributed by atoms with Gasteiger partial charge in [-0.15, -0.1) is 0 Å². The van der Waals surface area contributed by atoms with Crippen molar-refractivity contribution < 1.29 is 14.3 Å². The summed E-state index contributed by atoms with van der Waals surface area (Å²) in [6.07, 6.45) is 0.851. The van der Waals surface area contributed by atoms with Gasteiger partial charge in [-0.25, -0.2) is 0 Å². The van der Waals surface area contributed by atoms with Gasteiger partial charge in [-0.05, 0) is 43.7 Å². The largest absolute Gasteiger partial charge is 0.468 e. The number of nitrogens with one attached hydrogen (secondary N) is 1. The smallest absolute Gasteiger partial charge is 0.319 e. The number of rotatable bonds is 7. The molecule has 0 saturated carbocycles. The molecule has 0 bridgehead atoms. The van der Waals surface area contributed by atoms with Gasteiger partial charge in [-0.2, -0.15) is 0 Å². The molecule has 0 atom stereocenters. The van der Waals surface area contributed by atoms with Gasteiger partial charge < -0.3 is 10.1 Å². The van der Waals surface area contributed by atoms with Gasteiger partial charge in [0.2, 0.25) is 5.91 Å². The van der Waals surface area contributed by atoms with Crippen molar-refractivity contribution in [3.63, 3.8) is 0 Å². The van der Waals surface area contributed by atoms with Gasteiger partial charge in [-0.1, -0.05) is 18.5 Å². The van der Waals surface area contributed by atoms with Crippen LogP contribution in [0.2, 0.25) is 5.02 Å². The number of benzene rings is 1. The van der Waals surface area contributed by atoms with E-state index < -0.39 is 0 Å². The molecule has 21 heavy (non-hydrogen) atoms. The van der Waals surface area contributed by atoms with Crippen LogP contribution in [0.25, 0.3) is 0 Å². The number of esters is 1. The second-order valence-electron chi connectivity index (χ2n) is 4.79. The third kappa shape index (κ3) is 6.14. The molecule has 0 heterocycles. The van der Waals surface area contributed by atoms with Crippen LogP contribution < -0.4 is 5.32 Å². The molecule has 0 saturated heterocycles. The first kappa shape index (κ1) is 17.5. The van der Waals surface area contributed by atoms with Gasteiger partial charge in [0.15, 0.2) is 0 Å². The van der Waals surface area contributed by atoms with Gasteiger partial charge in [0.05, 0.1) is 20.2 Å². The fraction of sp³-hybridized carbons (Fsp3) is 0.467. The number of carbonyl (C=O) groups is 2. The van der Waals surface area contributed by atoms with E-state index >= 15 is 0 Å². The highest BCUT2D eigenvalue weighted by Crippen LogP contribution is 2.19. The van der Waals surface area contributed by atoms with Crippen molar-refractivity contribution in [1.29, 1.82) is 0 Å². The number of ether oxygens (including phenoxy) is 1. The molecule has 0 fully saturated rings. The van der Waals surface area contributed by atoms with Crippen LogP contribution in [0.15, 0.2) is 18.2 Å². The Balaban J connectivity index is 2.62. The molecule has 0 spiro atoms. The summed E-state index contributed by atoms with van der Waals surface area (Å²) in [5.74, 6) is -0.517. The minimum Gasteiger partial charge on any atom is -0.468 e. The molecule has 0 aliphatic heterocycles. The molecule has 5 nitrogen and oxygen atoms in total. The molecule has 1 amide bonds. The maximum absolute atomic E-state index is 12.1. The number of hydrogen-bond acceptors (Lipinski definition) is 4. The summed E-state index contributed by atoms with van der Waals surface area (Å²) < 4.78 is 4.63. The van der Waals surface area contributed by atoms with Crippen molar-refractivity contribution in [3.05, 3.63) is 28.8 Å². The lowest BCUT2D eigenvalue weighted by Crippen LogP contribution is -2.37. The Morgan fingerprint density at radius 3 is 2.62 bits per heavy atom. The van der Waals surface area contributed by atoms with Crippen molar-refractivity contribution >= 4 is 29.2 Å². The Labute approximate surface area is 130 Å². The SMILES string of the molecule is CCCN(CC(=O)Nc1ccc(Cl)cc1C)CC(=O)OC. The lowest BCUT2D eigenvalue weighted by molar-refractivity contribution is -0.142. The van der Waals surface area contributed by atoms with Crippen LogP contribution in [-0.4, -0.2) is 43.5 Å². The second-order valence-corrected chi connectivity index (χ2v) is 5.23. The van der Waals surface area contributed by atoms with Gasteiger partial charge in [0, 0.05) is 10.7 Å². The summed E-state index contributed by atoms with van der Waals surface area (Å²) in [7, 11) is 1.34. The Kier molecular flexibility index (Phi) is 7.19. The van der Waals surface area contributed by atoms with E-state index in [1.54, 1.807) is 23.1 Å². The van der Waals surface area contributed by atoms with Gasteiger partial charge in [-0.3, -0.25) is 14.5 Å². The number of hydrogen-bond donors (Lipinski definition) is 1. The quantitative estimate of drug-likeness (QED) is 0.786. The van der Waals surface area contributed by atoms with Crippen LogP contribution in [0.1, 0.15) is 18.9 Å². The molecule has 1 aromatic rings. The van der Waals surface area contributed by atoms with Crippen molar-refractivity contribution in [3.8, 4) is 0 Å². The highest BCUT2D eigenvalue weighted by atomic mass is 35.5. The minimum absolute atomic E-state index is 0.108. The molecule has 0 unspecified atom stereocenters. The fourth-order valence-corrected chi connectivity index (χ4v) is 2.16. The third-order valence-electron chi connectivity index (χ3n) is 2.95. The molecule has 1 aromatic carbocycles. The van der Waals surface area contributed by atoms with Crippen LogP contribution in [0.5, 0.6) is 0 Å². The normalized spacial score (nSPS) is 10.5. The predicted molar refractivity (Wildman–Crippen MR) is 83.6 cm³/mol. The average Bonchev–Trinajstić information content (AvgIpc) is 2.42. The maximum atomic E-state index is 12.1. The van der Waals surface area contributed by atoms with Crippen LogP contribution in [-0.2, 0) is 14.3 Å². The second kappa shape index (κ2) is 8.64. The first-order valence-corrected chi connectivity index (χ1v) is 7.19. The Morgan fingerprint density at radius 2 is 2.05 bits per heavy atom. The Morgan fingerprint density at radius 1 is 1.33 bits per heavy atom. The first-order valence-electron chi connectivity index (χ1n) is 6.81. The summed E-state index contributed by atoms with van der Waals surface area (Å²) in [5, 5.41) is 3.45. The van der Waals surface area contributed by atoms with Crippen molar-refractivity contribution in [2.45, 2.75) is 20.3 Å². The van der Waals surface area contributed by atoms with E-state index in [1.807, 2.05) is 13.8 Å². The summed E-state index contributed by atoms with van der Waals surface area (Å²) in [6.45, 7) is 4.77. The molecular formula is C15H21ClN2O3. The highest BCUT2D eigenvalue weighted by molar-refractivity contribution is 6.30. The van der Waals surface area contributed by atoms with E-state index in [4.69, 9.17) is 11.6 Å². The zero-order valence-electron chi connectivity index (χ0n) is 12.6. The van der Waals surface area contributed by atoms with E-state index in [9.17, 15) is 9.59 Å². The van der Waals surface area contributed by atoms with Crippen LogP contribution in [0, 0.1) is 6.92 Å². The average molecular weight is 313 g/mol. The van der Waals surface area contributed by atoms with Gasteiger partial charge in [0.1, 0.15) is 0 Å². The summed E-state index contributed by atoms with van der Waals surface area (Å²) in [5.41, 5.74) is 1.62. The number of amides is 1. The zero-order valence-corrected chi connectivity index (χ0v) is 13.4. The highest BCUT2D eigenvalue weighted by Gasteiger charge is 2.14. The lowest BCUT2D eigenvalue weighted by Gasteiger charge is -2.20. The number of carbonyl (C=O) groups excluding carboxylic acids is 2. The third-order valence-corrected chi connectivity index (χ3v) is 3.19. The lowest BCUT2D eigenvalue weighted by atomic mass is 10.2. The fourth-order valence-electron chi connectivity index (χ4n) is 1.94. The Bertz CT molecular complexity index is 506. The molecule has 0 aliphatic rings. The molecule has 0 aliphatic carbocycles. The van der Waals surface area contributed by atoms with Crippen LogP contribution in [0.4, 0.5) is 5.69 Å². The molecule has 0 radical (unpaired) electrons. The minimum atomic E-state index is -0.348. The number of methoxy groups -OCH3 is 1. The van der Waals surface area contributed by atoms with Crippen molar-refractivity contribution in [2.24, 2.45) is 0 Å². The molecule has 116 valence electrons. The first-order chi connectivity index (χ1) is 9.96. The monoisotopic (exact) mass is 312 g/mol. The molecule has 1 N–H and O–H groups in total. The molecule has 6 heteroatoms. The van der Waals surface area contributed by atoms with Crippen LogP contribution in [0.3, 0.4) is 0 Å². The zero-order chi connectivity index (χ0) is 15.8. The van der Waals surface area contributed by atoms with E-state index in [2.05, 4.69) is 10.1 Å². The van der Waals surface area contributed by atoms with Crippen molar-refractivity contribution in [1.82, 2.24) is 4.90 Å². The standard InChI is InChI=1S/C15H21ClN2O3/c1-4-7-18(10-15(20)21-3)9-14(19)17-13-6-5-12(16)8-11(13)2/h5-6,8H,4,7,9-10H2,1-3H3,(H,17,19). The van der Waals surface area contributed by atoms with E-state index in [0.717, 1.165) is 17.7 Å². The van der Waals surface area contributed by atoms with E-state index in [1.165, 1.54) is 7.11 Å². The summed E-state index contributed by atoms with van der Waals surface area (Å²) in [4.78, 5) is 25.1. The number of nitrogens with zero attached hydrogens (tertiary/aromatic N) is 1. The van der Waals surface area contributed by atoms with Gasteiger partial charge in [0.25, 0.3) is 0 Å². The summed E-state index contributed by atoms with van der Waals surface area (Å²) >= 11 is 5.88. The van der Waals surface area contributed by atoms with Crippen LogP contribution >= 0.6 is 11.6 Å². The number of anilines is 1. The predicted octanol–water partition coefficient (Wildman–Crippen LogP) is 2.47. The topological polar surface area (TPSA) is 58.6 Å². The van der Waals surface area contributed by atoms with Gasteiger partial charge >= 0.3 is 5.97 Å².